The zero-order valence-corrected chi connectivity index (χ0v) is 33.4. The van der Waals surface area contributed by atoms with Crippen LogP contribution in [0.15, 0.2) is 23.3 Å². The molecule has 11 heteroatoms. The van der Waals surface area contributed by atoms with E-state index in [1.54, 1.807) is 21.1 Å². The van der Waals surface area contributed by atoms with Crippen molar-refractivity contribution in [1.29, 1.82) is 0 Å². The summed E-state index contributed by atoms with van der Waals surface area (Å²) in [5, 5.41) is 12.0. The van der Waals surface area contributed by atoms with Crippen LogP contribution in [0.1, 0.15) is 125 Å². The molecule has 0 aromatic rings. The highest BCUT2D eigenvalue weighted by Crippen LogP contribution is 2.50. The number of methoxy groups -OCH3 is 2. The predicted octanol–water partition coefficient (Wildman–Crippen LogP) is 6.04. The smallest absolute Gasteiger partial charge is 0.329 e. The number of carbonyl (C=O) groups is 4. The van der Waals surface area contributed by atoms with E-state index in [4.69, 9.17) is 23.7 Å². The zero-order chi connectivity index (χ0) is 38.7. The van der Waals surface area contributed by atoms with Crippen LogP contribution in [0.5, 0.6) is 0 Å². The number of aliphatic hydroxyl groups is 1. The van der Waals surface area contributed by atoms with Gasteiger partial charge in [-0.25, -0.2) is 4.79 Å². The van der Waals surface area contributed by atoms with Gasteiger partial charge in [-0.15, -0.1) is 0 Å². The molecule has 5 aliphatic rings. The lowest BCUT2D eigenvalue weighted by atomic mass is 9.82. The summed E-state index contributed by atoms with van der Waals surface area (Å²) in [4.78, 5) is 57.5. The number of nitrogens with zero attached hydrogens (tertiary/aromatic N) is 1. The first kappa shape index (κ1) is 41.7. The van der Waals surface area contributed by atoms with Gasteiger partial charge in [-0.05, 0) is 102 Å². The number of esters is 1. The van der Waals surface area contributed by atoms with E-state index in [-0.39, 0.29) is 48.2 Å². The Morgan fingerprint density at radius 2 is 1.68 bits per heavy atom. The van der Waals surface area contributed by atoms with E-state index in [0.29, 0.717) is 51.4 Å². The molecule has 298 valence electrons. The van der Waals surface area contributed by atoms with Crippen molar-refractivity contribution >= 4 is 23.4 Å². The van der Waals surface area contributed by atoms with Gasteiger partial charge in [-0.3, -0.25) is 14.4 Å². The lowest BCUT2D eigenvalue weighted by molar-refractivity contribution is -0.302. The molecular formula is C42H65NO10. The Morgan fingerprint density at radius 3 is 2.36 bits per heavy atom. The molecule has 2 bridgehead atoms. The van der Waals surface area contributed by atoms with Crippen molar-refractivity contribution in [2.45, 2.75) is 173 Å². The molecule has 0 aromatic carbocycles. The maximum atomic E-state index is 14.2. The largest absolute Gasteiger partial charge is 0.456 e. The van der Waals surface area contributed by atoms with Crippen molar-refractivity contribution < 1.29 is 48.0 Å². The van der Waals surface area contributed by atoms with Crippen LogP contribution in [0, 0.1) is 23.7 Å². The van der Waals surface area contributed by atoms with Crippen LogP contribution in [0.25, 0.3) is 0 Å². The number of cyclic esters (lactones) is 1. The van der Waals surface area contributed by atoms with Gasteiger partial charge in [0.15, 0.2) is 0 Å². The fraction of sp³-hybridized carbons (Fsp3) is 0.810. The summed E-state index contributed by atoms with van der Waals surface area (Å²) in [6.07, 6.45) is 10.6. The minimum Gasteiger partial charge on any atom is -0.456 e. The van der Waals surface area contributed by atoms with Crippen molar-refractivity contribution in [3.05, 3.63) is 23.3 Å². The van der Waals surface area contributed by atoms with Crippen molar-refractivity contribution in [3.8, 4) is 0 Å². The molecular weight excluding hydrogens is 678 g/mol. The molecule has 11 nitrogen and oxygen atoms in total. The van der Waals surface area contributed by atoms with E-state index in [1.807, 2.05) is 27.7 Å². The molecule has 1 N–H and O–H groups in total. The molecule has 4 aliphatic heterocycles. The van der Waals surface area contributed by atoms with Gasteiger partial charge in [-0.2, -0.15) is 0 Å². The number of allylic oxidation sites excluding steroid dienone is 2. The fourth-order valence-electron chi connectivity index (χ4n) is 9.53. The standard InChI is InChI=1S/C42H65NO10/c1-9-30-21-25(2)20-26(3)22-33(49-7)37-34(50-8)23-29(6)42(48,53-37)38(45)39(46)43-19-13-11-14-31(43)40(47)51-36(27(4)16-17-32(30)44)28(5)24-41-18-12-10-15-35(41)52-41/h21,24,26-27,29-31,33-37,48H,9-20,22-23H2,1-8H3/b25-21+,28-24?/t26?,27?,29?,30?,31?,33?,34?,35-,36?,37?,41+,42?/m1/s1. The van der Waals surface area contributed by atoms with Crippen molar-refractivity contribution in [1.82, 2.24) is 4.90 Å². The van der Waals surface area contributed by atoms with Crippen molar-refractivity contribution in [2.75, 3.05) is 20.8 Å². The number of hydrogen-bond acceptors (Lipinski definition) is 10. The summed E-state index contributed by atoms with van der Waals surface area (Å²) in [6.45, 7) is 12.0. The number of epoxide rings is 1. The molecule has 1 amide bonds. The number of rotatable bonds is 5. The van der Waals surface area contributed by atoms with Crippen LogP contribution in [0.2, 0.25) is 0 Å². The highest BCUT2D eigenvalue weighted by Gasteiger charge is 2.57. The van der Waals surface area contributed by atoms with E-state index in [0.717, 1.165) is 36.8 Å². The Labute approximate surface area is 316 Å². The maximum Gasteiger partial charge on any atom is 0.329 e. The van der Waals surface area contributed by atoms with Crippen molar-refractivity contribution in [2.24, 2.45) is 23.7 Å². The van der Waals surface area contributed by atoms with E-state index in [2.05, 4.69) is 19.1 Å². The lowest BCUT2D eigenvalue weighted by Gasteiger charge is -2.47. The summed E-state index contributed by atoms with van der Waals surface area (Å²) in [5.41, 5.74) is 1.62. The zero-order valence-electron chi connectivity index (χ0n) is 33.4. The van der Waals surface area contributed by atoms with Crippen LogP contribution in [-0.4, -0.2) is 102 Å². The first-order valence-electron chi connectivity index (χ1n) is 20.3. The Hall–Kier alpha value is -2.44. The molecule has 1 saturated carbocycles. The number of piperidine rings is 1. The summed E-state index contributed by atoms with van der Waals surface area (Å²) < 4.78 is 30.5. The highest BCUT2D eigenvalue weighted by molar-refractivity contribution is 6.39. The average molecular weight is 744 g/mol. The van der Waals surface area contributed by atoms with Crippen LogP contribution in [-0.2, 0) is 42.9 Å². The Morgan fingerprint density at radius 1 is 0.981 bits per heavy atom. The van der Waals surface area contributed by atoms with Crippen molar-refractivity contribution in [3.63, 3.8) is 0 Å². The SMILES string of the molecule is CCC1/C=C(\C)CC(C)CC(OC)C2OC(O)(C(=O)C(=O)N3CCCCC3C(=O)OC(C(C)=C[C@@]34CCCC[C@H]3O4)C(C)CCC1=O)C(C)CC2OC. The summed E-state index contributed by atoms with van der Waals surface area (Å²) >= 11 is 0. The van der Waals surface area contributed by atoms with E-state index in [1.165, 1.54) is 4.90 Å². The number of Topliss-reactive ketones (excluding diaryl/α,β-unsaturated/α-hetero) is 2. The van der Waals surface area contributed by atoms with Gasteiger partial charge in [0.2, 0.25) is 5.79 Å². The van der Waals surface area contributed by atoms with Gasteiger partial charge in [0, 0.05) is 39.0 Å². The number of hydrogen-bond donors (Lipinski definition) is 1. The van der Waals surface area contributed by atoms with Crippen LogP contribution >= 0.6 is 0 Å². The number of ketones is 2. The quantitative estimate of drug-likeness (QED) is 0.153. The highest BCUT2D eigenvalue weighted by atomic mass is 16.7. The molecule has 0 spiro atoms. The van der Waals surface area contributed by atoms with Crippen LogP contribution in [0.4, 0.5) is 0 Å². The molecule has 0 aromatic heterocycles. The number of fused-ring (bicyclic) bond motifs is 4. The third-order valence-corrected chi connectivity index (χ3v) is 12.8. The first-order chi connectivity index (χ1) is 25.2. The second-order valence-corrected chi connectivity index (χ2v) is 16.9. The predicted molar refractivity (Wildman–Crippen MR) is 199 cm³/mol. The minimum atomic E-state index is -2.44. The molecule has 0 radical (unpaired) electrons. The van der Waals surface area contributed by atoms with E-state index < -0.39 is 59.8 Å². The topological polar surface area (TPSA) is 141 Å². The summed E-state index contributed by atoms with van der Waals surface area (Å²) in [6, 6.07) is -1.01. The molecule has 1 aliphatic carbocycles. The Bertz CT molecular complexity index is 1410. The molecule has 3 saturated heterocycles. The Kier molecular flexibility index (Phi) is 13.8. The summed E-state index contributed by atoms with van der Waals surface area (Å²) in [7, 11) is 3.12. The third-order valence-electron chi connectivity index (χ3n) is 12.8. The van der Waals surface area contributed by atoms with Gasteiger partial charge in [0.25, 0.3) is 11.7 Å². The molecule has 5 rings (SSSR count). The fourth-order valence-corrected chi connectivity index (χ4v) is 9.53. The minimum absolute atomic E-state index is 0.107. The number of amides is 1. The molecule has 10 unspecified atom stereocenters. The normalized spacial score (nSPS) is 42.4. The number of ether oxygens (including phenoxy) is 5. The van der Waals surface area contributed by atoms with Gasteiger partial charge in [0.1, 0.15) is 29.6 Å². The maximum absolute atomic E-state index is 14.2. The second kappa shape index (κ2) is 17.6. The van der Waals surface area contributed by atoms with Gasteiger partial charge in [-0.1, -0.05) is 52.2 Å². The van der Waals surface area contributed by atoms with Crippen LogP contribution < -0.4 is 0 Å². The monoisotopic (exact) mass is 743 g/mol. The number of carbonyl (C=O) groups excluding carboxylic acids is 4. The lowest BCUT2D eigenvalue weighted by Crippen LogP contribution is -2.64. The third kappa shape index (κ3) is 9.17. The Balaban J connectivity index is 1.50. The van der Waals surface area contributed by atoms with E-state index >= 15 is 0 Å². The van der Waals surface area contributed by atoms with E-state index in [9.17, 15) is 24.3 Å². The summed E-state index contributed by atoms with van der Waals surface area (Å²) in [5.74, 6) is -6.04. The van der Waals surface area contributed by atoms with Gasteiger partial charge >= 0.3 is 5.97 Å². The molecule has 4 fully saturated rings. The molecule has 12 atom stereocenters. The molecule has 53 heavy (non-hydrogen) atoms. The average Bonchev–Trinajstić information content (AvgIpc) is 3.87. The molecule has 4 heterocycles. The van der Waals surface area contributed by atoms with Crippen LogP contribution in [0.3, 0.4) is 0 Å². The van der Waals surface area contributed by atoms with Gasteiger partial charge in [0.05, 0.1) is 18.3 Å². The second-order valence-electron chi connectivity index (χ2n) is 16.9. The first-order valence-corrected chi connectivity index (χ1v) is 20.3. The van der Waals surface area contributed by atoms with Gasteiger partial charge < -0.3 is 33.7 Å².